The predicted molar refractivity (Wildman–Crippen MR) is 57.5 cm³/mol. The summed E-state index contributed by atoms with van der Waals surface area (Å²) in [5.74, 6) is 1.90. The summed E-state index contributed by atoms with van der Waals surface area (Å²) in [4.78, 5) is 8.08. The van der Waals surface area contributed by atoms with Gasteiger partial charge >= 0.3 is 0 Å². The summed E-state index contributed by atoms with van der Waals surface area (Å²) in [6, 6.07) is 4.36. The van der Waals surface area contributed by atoms with E-state index >= 15 is 0 Å². The van der Waals surface area contributed by atoms with Gasteiger partial charge < -0.3 is 4.98 Å². The number of aromatic amines is 1. The molecule has 0 bridgehead atoms. The van der Waals surface area contributed by atoms with Crippen LogP contribution >= 0.6 is 0 Å². The third-order valence-electron chi connectivity index (χ3n) is 2.92. The lowest BCUT2D eigenvalue weighted by Gasteiger charge is -1.96. The summed E-state index contributed by atoms with van der Waals surface area (Å²) >= 11 is 0. The van der Waals surface area contributed by atoms with Gasteiger partial charge in [0.15, 0.2) is 0 Å². The molecule has 0 amide bonds. The van der Waals surface area contributed by atoms with Crippen molar-refractivity contribution < 1.29 is 0 Å². The van der Waals surface area contributed by atoms with Crippen molar-refractivity contribution in [2.75, 3.05) is 0 Å². The van der Waals surface area contributed by atoms with E-state index in [1.54, 1.807) is 0 Å². The van der Waals surface area contributed by atoms with Crippen LogP contribution in [0.5, 0.6) is 0 Å². The standard InChI is InChI=1S/C12H14N2/c1-7-5-8(2)11-10(6-7)13-12(14-11)9-3-4-9/h5-6,9H,3-4H2,1-2H3,(H,13,14). The topological polar surface area (TPSA) is 28.7 Å². The summed E-state index contributed by atoms with van der Waals surface area (Å²) in [6.45, 7) is 4.27. The Labute approximate surface area is 83.4 Å². The number of nitrogens with zero attached hydrogens (tertiary/aromatic N) is 1. The van der Waals surface area contributed by atoms with Crippen molar-refractivity contribution in [2.24, 2.45) is 0 Å². The zero-order valence-electron chi connectivity index (χ0n) is 8.59. The van der Waals surface area contributed by atoms with E-state index in [9.17, 15) is 0 Å². The molecule has 1 saturated carbocycles. The van der Waals surface area contributed by atoms with Gasteiger partial charge in [0.2, 0.25) is 0 Å². The maximum Gasteiger partial charge on any atom is 0.110 e. The molecule has 0 aliphatic heterocycles. The first-order chi connectivity index (χ1) is 6.74. The minimum atomic E-state index is 0.710. The van der Waals surface area contributed by atoms with Crippen molar-refractivity contribution in [3.8, 4) is 0 Å². The molecular formula is C12H14N2. The van der Waals surface area contributed by atoms with Crippen LogP contribution in [0.15, 0.2) is 12.1 Å². The molecule has 2 aromatic rings. The van der Waals surface area contributed by atoms with Gasteiger partial charge in [0.25, 0.3) is 0 Å². The van der Waals surface area contributed by atoms with Gasteiger partial charge in [0.05, 0.1) is 11.0 Å². The molecule has 0 saturated heterocycles. The highest BCUT2D eigenvalue weighted by molar-refractivity contribution is 5.79. The number of nitrogens with one attached hydrogen (secondary N) is 1. The molecule has 0 atom stereocenters. The molecule has 3 rings (SSSR count). The van der Waals surface area contributed by atoms with E-state index in [0.717, 1.165) is 5.52 Å². The highest BCUT2D eigenvalue weighted by atomic mass is 14.9. The summed E-state index contributed by atoms with van der Waals surface area (Å²) in [6.07, 6.45) is 2.61. The van der Waals surface area contributed by atoms with E-state index in [2.05, 4.69) is 35.9 Å². The Bertz CT molecular complexity index is 492. The van der Waals surface area contributed by atoms with Crippen LogP contribution in [-0.4, -0.2) is 9.97 Å². The van der Waals surface area contributed by atoms with Gasteiger partial charge in [-0.1, -0.05) is 6.07 Å². The van der Waals surface area contributed by atoms with E-state index in [4.69, 9.17) is 0 Å². The number of fused-ring (bicyclic) bond motifs is 1. The molecule has 14 heavy (non-hydrogen) atoms. The Hall–Kier alpha value is -1.31. The quantitative estimate of drug-likeness (QED) is 0.728. The van der Waals surface area contributed by atoms with Gasteiger partial charge in [-0.15, -0.1) is 0 Å². The van der Waals surface area contributed by atoms with E-state index in [-0.39, 0.29) is 0 Å². The second kappa shape index (κ2) is 2.59. The second-order valence-electron chi connectivity index (χ2n) is 4.37. The zero-order valence-corrected chi connectivity index (χ0v) is 8.59. The highest BCUT2D eigenvalue weighted by Gasteiger charge is 2.26. The number of H-pyrrole nitrogens is 1. The molecule has 0 radical (unpaired) electrons. The van der Waals surface area contributed by atoms with E-state index < -0.39 is 0 Å². The lowest BCUT2D eigenvalue weighted by Crippen LogP contribution is -1.80. The molecule has 1 aromatic heterocycles. The number of aryl methyl sites for hydroxylation is 2. The number of benzene rings is 1. The van der Waals surface area contributed by atoms with Crippen molar-refractivity contribution in [3.05, 3.63) is 29.1 Å². The number of imidazole rings is 1. The molecule has 1 fully saturated rings. The number of hydrogen-bond donors (Lipinski definition) is 1. The van der Waals surface area contributed by atoms with Crippen LogP contribution in [0.2, 0.25) is 0 Å². The molecule has 1 N–H and O–H groups in total. The van der Waals surface area contributed by atoms with Crippen molar-refractivity contribution in [1.29, 1.82) is 0 Å². The minimum Gasteiger partial charge on any atom is -0.342 e. The van der Waals surface area contributed by atoms with Gasteiger partial charge in [0, 0.05) is 5.92 Å². The fourth-order valence-electron chi connectivity index (χ4n) is 2.03. The summed E-state index contributed by atoms with van der Waals surface area (Å²) in [7, 11) is 0. The van der Waals surface area contributed by atoms with Crippen molar-refractivity contribution >= 4 is 11.0 Å². The largest absolute Gasteiger partial charge is 0.342 e. The third kappa shape index (κ3) is 1.14. The average Bonchev–Trinajstić information content (AvgIpc) is 2.87. The molecule has 72 valence electrons. The maximum atomic E-state index is 4.64. The van der Waals surface area contributed by atoms with Gasteiger partial charge in [-0.2, -0.15) is 0 Å². The molecular weight excluding hydrogens is 172 g/mol. The van der Waals surface area contributed by atoms with Gasteiger partial charge in [-0.25, -0.2) is 4.98 Å². The Balaban J connectivity index is 2.26. The second-order valence-corrected chi connectivity index (χ2v) is 4.37. The highest BCUT2D eigenvalue weighted by Crippen LogP contribution is 2.39. The SMILES string of the molecule is Cc1cc(C)c2[nH]c(C3CC3)nc2c1. The Morgan fingerprint density at radius 2 is 2.07 bits per heavy atom. The van der Waals surface area contributed by atoms with Crippen molar-refractivity contribution in [2.45, 2.75) is 32.6 Å². The smallest absolute Gasteiger partial charge is 0.110 e. The Morgan fingerprint density at radius 1 is 1.29 bits per heavy atom. The van der Waals surface area contributed by atoms with Gasteiger partial charge in [0.1, 0.15) is 5.82 Å². The lowest BCUT2D eigenvalue weighted by atomic mass is 10.1. The molecule has 1 aromatic carbocycles. The molecule has 1 heterocycles. The van der Waals surface area contributed by atoms with Gasteiger partial charge in [-0.3, -0.25) is 0 Å². The minimum absolute atomic E-state index is 0.710. The van der Waals surface area contributed by atoms with Crippen molar-refractivity contribution in [1.82, 2.24) is 9.97 Å². The summed E-state index contributed by atoms with van der Waals surface area (Å²) < 4.78 is 0. The number of hydrogen-bond acceptors (Lipinski definition) is 1. The van der Waals surface area contributed by atoms with Gasteiger partial charge in [-0.05, 0) is 43.9 Å². The summed E-state index contributed by atoms with van der Waals surface area (Å²) in [5, 5.41) is 0. The van der Waals surface area contributed by atoms with Crippen LogP contribution in [0, 0.1) is 13.8 Å². The van der Waals surface area contributed by atoms with Crippen LogP contribution in [0.1, 0.15) is 35.7 Å². The number of aromatic nitrogens is 2. The van der Waals surface area contributed by atoms with Crippen LogP contribution in [0.25, 0.3) is 11.0 Å². The monoisotopic (exact) mass is 186 g/mol. The van der Waals surface area contributed by atoms with E-state index in [1.807, 2.05) is 0 Å². The first-order valence-corrected chi connectivity index (χ1v) is 5.21. The predicted octanol–water partition coefficient (Wildman–Crippen LogP) is 3.06. The van der Waals surface area contributed by atoms with E-state index in [1.165, 1.54) is 35.3 Å². The van der Waals surface area contributed by atoms with Crippen LogP contribution < -0.4 is 0 Å². The lowest BCUT2D eigenvalue weighted by molar-refractivity contribution is 0.986. The molecule has 1 aliphatic rings. The molecule has 0 unspecified atom stereocenters. The van der Waals surface area contributed by atoms with Crippen LogP contribution in [0.4, 0.5) is 0 Å². The first kappa shape index (κ1) is 8.04. The molecule has 1 aliphatic carbocycles. The molecule has 2 nitrogen and oxygen atoms in total. The fraction of sp³-hybridized carbons (Fsp3) is 0.417. The zero-order chi connectivity index (χ0) is 9.71. The number of rotatable bonds is 1. The van der Waals surface area contributed by atoms with Crippen LogP contribution in [0.3, 0.4) is 0 Å². The van der Waals surface area contributed by atoms with Crippen LogP contribution in [-0.2, 0) is 0 Å². The average molecular weight is 186 g/mol. The first-order valence-electron chi connectivity index (χ1n) is 5.21. The molecule has 2 heteroatoms. The van der Waals surface area contributed by atoms with E-state index in [0.29, 0.717) is 5.92 Å². The normalized spacial score (nSPS) is 16.4. The summed E-state index contributed by atoms with van der Waals surface area (Å²) in [5.41, 5.74) is 4.95. The molecule has 0 spiro atoms. The Morgan fingerprint density at radius 3 is 2.79 bits per heavy atom. The Kier molecular flexibility index (Phi) is 1.49. The maximum absolute atomic E-state index is 4.64. The third-order valence-corrected chi connectivity index (χ3v) is 2.92. The van der Waals surface area contributed by atoms with Crippen molar-refractivity contribution in [3.63, 3.8) is 0 Å². The fourth-order valence-corrected chi connectivity index (χ4v) is 2.03.